The molecule has 0 saturated heterocycles. The minimum absolute atomic E-state index is 0.205. The van der Waals surface area contributed by atoms with Crippen LogP contribution < -0.4 is 0 Å². The van der Waals surface area contributed by atoms with Crippen LogP contribution >= 0.6 is 0 Å². The van der Waals surface area contributed by atoms with Gasteiger partial charge in [0.2, 0.25) is 0 Å². The van der Waals surface area contributed by atoms with Gasteiger partial charge in [-0.05, 0) is 12.8 Å². The molecule has 0 fully saturated rings. The highest BCUT2D eigenvalue weighted by molar-refractivity contribution is 5.70. The number of allylic oxidation sites excluding steroid dienone is 2. The molecule has 0 amide bonds. The molecule has 1 heterocycles. The molecule has 0 atom stereocenters. The lowest BCUT2D eigenvalue weighted by Gasteiger charge is -2.02. The van der Waals surface area contributed by atoms with Crippen LogP contribution in [0.5, 0.6) is 0 Å². The van der Waals surface area contributed by atoms with E-state index in [1.54, 1.807) is 12.2 Å². The van der Waals surface area contributed by atoms with E-state index < -0.39 is 0 Å². The van der Waals surface area contributed by atoms with Crippen molar-refractivity contribution in [3.63, 3.8) is 0 Å². The first-order valence-electron chi connectivity index (χ1n) is 5.40. The van der Waals surface area contributed by atoms with Gasteiger partial charge in [0.25, 0.3) is 0 Å². The molecule has 88 valence electrons. The Labute approximate surface area is 94.9 Å². The molecule has 0 spiro atoms. The smallest absolute Gasteiger partial charge is 0.306 e. The standard InChI is InChI=1S/C12H16O4/c13-11-7-3-1-5-9-15-12(14)8-4-2-6-10-16-11/h1-2,5-6H,3-4,7-10H2/b5-1+,6-2+. The number of carbonyl (C=O) groups is 2. The van der Waals surface area contributed by atoms with E-state index in [2.05, 4.69) is 0 Å². The Kier molecular flexibility index (Phi) is 5.99. The third kappa shape index (κ3) is 6.01. The maximum Gasteiger partial charge on any atom is 0.306 e. The monoisotopic (exact) mass is 224 g/mol. The van der Waals surface area contributed by atoms with Crippen molar-refractivity contribution >= 4 is 11.9 Å². The van der Waals surface area contributed by atoms with E-state index in [9.17, 15) is 9.59 Å². The number of carbonyl (C=O) groups excluding carboxylic acids is 2. The van der Waals surface area contributed by atoms with Crippen molar-refractivity contribution in [3.8, 4) is 0 Å². The Hall–Kier alpha value is -1.58. The summed E-state index contributed by atoms with van der Waals surface area (Å²) < 4.78 is 9.88. The van der Waals surface area contributed by atoms with E-state index in [0.29, 0.717) is 25.7 Å². The summed E-state index contributed by atoms with van der Waals surface area (Å²) in [6.45, 7) is 0.551. The molecule has 0 aliphatic carbocycles. The van der Waals surface area contributed by atoms with Gasteiger partial charge < -0.3 is 9.47 Å². The van der Waals surface area contributed by atoms with Gasteiger partial charge in [-0.1, -0.05) is 24.3 Å². The zero-order valence-corrected chi connectivity index (χ0v) is 9.19. The SMILES string of the molecule is O=C1CC/C=C/COC(=O)CC/C=C/CO1. The summed E-state index contributed by atoms with van der Waals surface area (Å²) in [4.78, 5) is 22.3. The Morgan fingerprint density at radius 1 is 0.750 bits per heavy atom. The Bertz CT molecular complexity index is 237. The second-order valence-corrected chi connectivity index (χ2v) is 3.39. The first-order chi connectivity index (χ1) is 7.79. The van der Waals surface area contributed by atoms with E-state index in [0.717, 1.165) is 0 Å². The molecule has 4 heteroatoms. The van der Waals surface area contributed by atoms with E-state index in [1.807, 2.05) is 12.2 Å². The van der Waals surface area contributed by atoms with Crippen molar-refractivity contribution < 1.29 is 19.1 Å². The second kappa shape index (κ2) is 7.68. The summed E-state index contributed by atoms with van der Waals surface area (Å²) >= 11 is 0. The minimum atomic E-state index is -0.205. The van der Waals surface area contributed by atoms with Crippen LogP contribution in [-0.4, -0.2) is 25.2 Å². The van der Waals surface area contributed by atoms with Crippen molar-refractivity contribution in [2.75, 3.05) is 13.2 Å². The molecule has 1 rings (SSSR count). The summed E-state index contributed by atoms with van der Waals surface area (Å²) in [5.74, 6) is -0.410. The highest BCUT2D eigenvalue weighted by Gasteiger charge is 2.01. The molecule has 1 aliphatic rings. The van der Waals surface area contributed by atoms with Crippen LogP contribution in [-0.2, 0) is 19.1 Å². The number of esters is 2. The molecular formula is C12H16O4. The quantitative estimate of drug-likeness (QED) is 0.464. The zero-order chi connectivity index (χ0) is 11.6. The fourth-order valence-corrected chi connectivity index (χ4v) is 1.20. The van der Waals surface area contributed by atoms with Gasteiger partial charge in [-0.25, -0.2) is 0 Å². The van der Waals surface area contributed by atoms with Crippen LogP contribution in [0.2, 0.25) is 0 Å². The van der Waals surface area contributed by atoms with Gasteiger partial charge >= 0.3 is 11.9 Å². The van der Waals surface area contributed by atoms with Crippen molar-refractivity contribution in [2.24, 2.45) is 0 Å². The minimum Gasteiger partial charge on any atom is -0.461 e. The molecule has 0 aromatic rings. The van der Waals surface area contributed by atoms with Gasteiger partial charge in [0.05, 0.1) is 0 Å². The highest BCUT2D eigenvalue weighted by atomic mass is 16.5. The van der Waals surface area contributed by atoms with Crippen LogP contribution in [0.15, 0.2) is 24.3 Å². The Morgan fingerprint density at radius 2 is 1.19 bits per heavy atom. The lowest BCUT2D eigenvalue weighted by Crippen LogP contribution is -2.05. The van der Waals surface area contributed by atoms with Crippen LogP contribution in [0, 0.1) is 0 Å². The molecule has 0 unspecified atom stereocenters. The molecular weight excluding hydrogens is 208 g/mol. The largest absolute Gasteiger partial charge is 0.461 e. The molecule has 4 nitrogen and oxygen atoms in total. The highest BCUT2D eigenvalue weighted by Crippen LogP contribution is 1.99. The molecule has 0 radical (unpaired) electrons. The van der Waals surface area contributed by atoms with Gasteiger partial charge in [0.15, 0.2) is 0 Å². The van der Waals surface area contributed by atoms with Gasteiger partial charge in [-0.3, -0.25) is 9.59 Å². The predicted molar refractivity (Wildman–Crippen MR) is 58.7 cm³/mol. The summed E-state index contributed by atoms with van der Waals surface area (Å²) in [6, 6.07) is 0. The number of cyclic esters (lactones) is 2. The van der Waals surface area contributed by atoms with E-state index >= 15 is 0 Å². The van der Waals surface area contributed by atoms with Gasteiger partial charge in [-0.15, -0.1) is 0 Å². The van der Waals surface area contributed by atoms with Crippen molar-refractivity contribution in [1.82, 2.24) is 0 Å². The predicted octanol–water partition coefficient (Wildman–Crippen LogP) is 1.76. The molecule has 0 aromatic heterocycles. The Morgan fingerprint density at radius 3 is 1.62 bits per heavy atom. The molecule has 0 aromatic carbocycles. The van der Waals surface area contributed by atoms with Gasteiger partial charge in [-0.2, -0.15) is 0 Å². The lowest BCUT2D eigenvalue weighted by molar-refractivity contribution is -0.143. The van der Waals surface area contributed by atoms with Crippen LogP contribution in [0.1, 0.15) is 25.7 Å². The normalized spacial score (nSPS) is 23.8. The average Bonchev–Trinajstić information content (AvgIpc) is 2.27. The number of hydrogen-bond donors (Lipinski definition) is 0. The fraction of sp³-hybridized carbons (Fsp3) is 0.500. The summed E-state index contributed by atoms with van der Waals surface area (Å²) in [7, 11) is 0. The van der Waals surface area contributed by atoms with Gasteiger partial charge in [0, 0.05) is 12.8 Å². The van der Waals surface area contributed by atoms with Gasteiger partial charge in [0.1, 0.15) is 13.2 Å². The molecule has 1 aliphatic heterocycles. The van der Waals surface area contributed by atoms with E-state index in [1.165, 1.54) is 0 Å². The summed E-state index contributed by atoms with van der Waals surface area (Å²) in [5, 5.41) is 0. The topological polar surface area (TPSA) is 52.6 Å². The fourth-order valence-electron chi connectivity index (χ4n) is 1.20. The van der Waals surface area contributed by atoms with Crippen LogP contribution in [0.4, 0.5) is 0 Å². The maximum absolute atomic E-state index is 11.1. The third-order valence-electron chi connectivity index (χ3n) is 2.04. The molecule has 16 heavy (non-hydrogen) atoms. The maximum atomic E-state index is 11.1. The lowest BCUT2D eigenvalue weighted by atomic mass is 10.3. The Balaban J connectivity index is 2.40. The molecule has 0 saturated carbocycles. The summed E-state index contributed by atoms with van der Waals surface area (Å²) in [6.07, 6.45) is 9.06. The first-order valence-corrected chi connectivity index (χ1v) is 5.40. The zero-order valence-electron chi connectivity index (χ0n) is 9.19. The van der Waals surface area contributed by atoms with Crippen LogP contribution in [0.25, 0.3) is 0 Å². The number of rotatable bonds is 0. The average molecular weight is 224 g/mol. The number of ether oxygens (including phenoxy) is 2. The molecule has 0 bridgehead atoms. The third-order valence-corrected chi connectivity index (χ3v) is 2.04. The first kappa shape index (κ1) is 12.5. The van der Waals surface area contributed by atoms with Crippen molar-refractivity contribution in [2.45, 2.75) is 25.7 Å². The van der Waals surface area contributed by atoms with Crippen molar-refractivity contribution in [3.05, 3.63) is 24.3 Å². The molecule has 0 N–H and O–H groups in total. The summed E-state index contributed by atoms with van der Waals surface area (Å²) in [5.41, 5.74) is 0. The van der Waals surface area contributed by atoms with E-state index in [4.69, 9.17) is 9.47 Å². The van der Waals surface area contributed by atoms with Crippen molar-refractivity contribution in [1.29, 1.82) is 0 Å². The van der Waals surface area contributed by atoms with Crippen LogP contribution in [0.3, 0.4) is 0 Å². The second-order valence-electron chi connectivity index (χ2n) is 3.39. The number of hydrogen-bond acceptors (Lipinski definition) is 4. The van der Waals surface area contributed by atoms with E-state index in [-0.39, 0.29) is 25.2 Å².